The number of thiazole rings is 1. The molecule has 0 aromatic carbocycles. The van der Waals surface area contributed by atoms with Crippen LogP contribution in [0.4, 0.5) is 5.82 Å². The highest BCUT2D eigenvalue weighted by molar-refractivity contribution is 7.11. The first-order valence-corrected chi connectivity index (χ1v) is 6.97. The number of aryl methyl sites for hydroxylation is 2. The number of anilines is 1. The summed E-state index contributed by atoms with van der Waals surface area (Å²) in [6.45, 7) is 6.63. The number of hydrogen-bond donors (Lipinski definition) is 1. The van der Waals surface area contributed by atoms with Gasteiger partial charge in [0.1, 0.15) is 21.8 Å². The fraction of sp³-hybridized carbons (Fsp3) is 0.417. The van der Waals surface area contributed by atoms with Crippen LogP contribution in [0, 0.1) is 13.8 Å². The van der Waals surface area contributed by atoms with E-state index in [1.807, 2.05) is 27.0 Å². The maximum Gasteiger partial charge on any atom is 0.137 e. The minimum absolute atomic E-state index is 0.514. The van der Waals surface area contributed by atoms with Gasteiger partial charge in [-0.1, -0.05) is 18.5 Å². The summed E-state index contributed by atoms with van der Waals surface area (Å²) in [5.74, 6) is 1.54. The molecule has 0 spiro atoms. The Kier molecular flexibility index (Phi) is 4.14. The summed E-state index contributed by atoms with van der Waals surface area (Å²) in [5, 5.41) is 4.83. The average Bonchev–Trinajstić information content (AvgIpc) is 2.77. The Labute approximate surface area is 115 Å². The van der Waals surface area contributed by atoms with E-state index >= 15 is 0 Å². The molecule has 0 fully saturated rings. The molecule has 2 aromatic rings. The van der Waals surface area contributed by atoms with Crippen molar-refractivity contribution in [3.05, 3.63) is 32.6 Å². The maximum atomic E-state index is 6.08. The lowest BCUT2D eigenvalue weighted by Gasteiger charge is -2.09. The fourth-order valence-corrected chi connectivity index (χ4v) is 2.42. The summed E-state index contributed by atoms with van der Waals surface area (Å²) < 4.78 is 0. The van der Waals surface area contributed by atoms with Gasteiger partial charge in [0.25, 0.3) is 0 Å². The zero-order chi connectivity index (χ0) is 13.1. The van der Waals surface area contributed by atoms with Gasteiger partial charge < -0.3 is 5.32 Å². The van der Waals surface area contributed by atoms with Crippen LogP contribution in [-0.4, -0.2) is 15.0 Å². The summed E-state index contributed by atoms with van der Waals surface area (Å²) in [6, 6.07) is 0. The van der Waals surface area contributed by atoms with E-state index in [0.29, 0.717) is 11.7 Å². The van der Waals surface area contributed by atoms with Crippen molar-refractivity contribution < 1.29 is 0 Å². The first kappa shape index (κ1) is 13.2. The Morgan fingerprint density at radius 2 is 2.11 bits per heavy atom. The number of nitrogens with zero attached hydrogens (tertiary/aromatic N) is 3. The predicted octanol–water partition coefficient (Wildman–Crippen LogP) is 3.38. The molecule has 1 N–H and O–H groups in total. The topological polar surface area (TPSA) is 50.7 Å². The lowest BCUT2D eigenvalue weighted by Crippen LogP contribution is -2.06. The van der Waals surface area contributed by atoms with Crippen molar-refractivity contribution in [1.29, 1.82) is 0 Å². The van der Waals surface area contributed by atoms with E-state index in [4.69, 9.17) is 11.6 Å². The lowest BCUT2D eigenvalue weighted by molar-refractivity contribution is 0.921. The SMILES string of the molecule is CCc1nc(Cl)c(C)c(NCc2ncc(C)s2)n1. The molecule has 0 aliphatic carbocycles. The molecule has 0 radical (unpaired) electrons. The largest absolute Gasteiger partial charge is 0.363 e. The summed E-state index contributed by atoms with van der Waals surface area (Å²) in [5.41, 5.74) is 0.877. The van der Waals surface area contributed by atoms with Crippen LogP contribution < -0.4 is 5.32 Å². The van der Waals surface area contributed by atoms with E-state index in [2.05, 4.69) is 20.3 Å². The van der Waals surface area contributed by atoms with Crippen molar-refractivity contribution in [2.75, 3.05) is 5.32 Å². The van der Waals surface area contributed by atoms with Gasteiger partial charge in [-0.25, -0.2) is 15.0 Å². The first-order valence-electron chi connectivity index (χ1n) is 5.78. The quantitative estimate of drug-likeness (QED) is 0.874. The van der Waals surface area contributed by atoms with Gasteiger partial charge in [0.2, 0.25) is 0 Å². The van der Waals surface area contributed by atoms with Crippen molar-refractivity contribution >= 4 is 28.8 Å². The number of rotatable bonds is 4. The normalized spacial score (nSPS) is 10.7. The van der Waals surface area contributed by atoms with Crippen LogP contribution >= 0.6 is 22.9 Å². The minimum atomic E-state index is 0.514. The standard InChI is InChI=1S/C12H15ClN4S/c1-4-9-16-11(13)8(3)12(17-9)15-6-10-14-5-7(2)18-10/h5H,4,6H2,1-3H3,(H,15,16,17). The number of halogens is 1. The molecule has 0 amide bonds. The molecule has 0 saturated carbocycles. The van der Waals surface area contributed by atoms with Crippen molar-refractivity contribution in [3.63, 3.8) is 0 Å². The van der Waals surface area contributed by atoms with Crippen molar-refractivity contribution in [2.45, 2.75) is 33.7 Å². The van der Waals surface area contributed by atoms with Gasteiger partial charge in [-0.15, -0.1) is 11.3 Å². The van der Waals surface area contributed by atoms with Crippen molar-refractivity contribution in [3.8, 4) is 0 Å². The molecule has 96 valence electrons. The van der Waals surface area contributed by atoms with Crippen LogP contribution in [0.1, 0.15) is 28.2 Å². The van der Waals surface area contributed by atoms with Crippen LogP contribution in [0.3, 0.4) is 0 Å². The van der Waals surface area contributed by atoms with Gasteiger partial charge in [0, 0.05) is 23.1 Å². The summed E-state index contributed by atoms with van der Waals surface area (Å²) in [6.07, 6.45) is 2.64. The van der Waals surface area contributed by atoms with Crippen LogP contribution in [0.5, 0.6) is 0 Å². The summed E-state index contributed by atoms with van der Waals surface area (Å²) in [4.78, 5) is 14.2. The van der Waals surface area contributed by atoms with Crippen LogP contribution in [0.2, 0.25) is 5.15 Å². The third-order valence-corrected chi connectivity index (χ3v) is 3.81. The Hall–Kier alpha value is -1.20. The molecule has 18 heavy (non-hydrogen) atoms. The zero-order valence-electron chi connectivity index (χ0n) is 10.6. The smallest absolute Gasteiger partial charge is 0.137 e. The van der Waals surface area contributed by atoms with Gasteiger partial charge in [-0.05, 0) is 13.8 Å². The minimum Gasteiger partial charge on any atom is -0.363 e. The number of nitrogens with one attached hydrogen (secondary N) is 1. The number of aromatic nitrogens is 3. The molecule has 0 aliphatic heterocycles. The van der Waals surface area contributed by atoms with E-state index in [1.54, 1.807) is 11.3 Å². The maximum absolute atomic E-state index is 6.08. The fourth-order valence-electron chi connectivity index (χ4n) is 1.51. The van der Waals surface area contributed by atoms with Gasteiger partial charge in [-0.2, -0.15) is 0 Å². The molecule has 0 saturated heterocycles. The molecule has 0 bridgehead atoms. The Balaban J connectivity index is 2.15. The highest BCUT2D eigenvalue weighted by Gasteiger charge is 2.09. The molecular weight excluding hydrogens is 268 g/mol. The Morgan fingerprint density at radius 3 is 2.72 bits per heavy atom. The van der Waals surface area contributed by atoms with Crippen LogP contribution in [-0.2, 0) is 13.0 Å². The van der Waals surface area contributed by atoms with Gasteiger partial charge >= 0.3 is 0 Å². The van der Waals surface area contributed by atoms with Crippen molar-refractivity contribution in [2.24, 2.45) is 0 Å². The van der Waals surface area contributed by atoms with E-state index in [-0.39, 0.29) is 0 Å². The van der Waals surface area contributed by atoms with Crippen LogP contribution in [0.15, 0.2) is 6.20 Å². The summed E-state index contributed by atoms with van der Waals surface area (Å²) >= 11 is 7.76. The zero-order valence-corrected chi connectivity index (χ0v) is 12.2. The molecule has 2 aromatic heterocycles. The third kappa shape index (κ3) is 2.97. The summed E-state index contributed by atoms with van der Waals surface area (Å²) in [7, 11) is 0. The Bertz CT molecular complexity index is 553. The second kappa shape index (κ2) is 5.63. The van der Waals surface area contributed by atoms with Gasteiger partial charge in [-0.3, -0.25) is 0 Å². The molecule has 2 heterocycles. The van der Waals surface area contributed by atoms with Crippen LogP contribution in [0.25, 0.3) is 0 Å². The highest BCUT2D eigenvalue weighted by atomic mass is 35.5. The molecule has 0 aliphatic rings. The average molecular weight is 283 g/mol. The molecule has 2 rings (SSSR count). The van der Waals surface area contributed by atoms with E-state index in [0.717, 1.165) is 28.6 Å². The van der Waals surface area contributed by atoms with E-state index < -0.39 is 0 Å². The second-order valence-corrected chi connectivity index (χ2v) is 5.65. The third-order valence-electron chi connectivity index (χ3n) is 2.53. The molecule has 6 heteroatoms. The molecular formula is C12H15ClN4S. The van der Waals surface area contributed by atoms with Gasteiger partial charge in [0.15, 0.2) is 0 Å². The second-order valence-electron chi connectivity index (χ2n) is 3.98. The number of hydrogen-bond acceptors (Lipinski definition) is 5. The van der Waals surface area contributed by atoms with E-state index in [1.165, 1.54) is 4.88 Å². The first-order chi connectivity index (χ1) is 8.60. The highest BCUT2D eigenvalue weighted by Crippen LogP contribution is 2.21. The monoisotopic (exact) mass is 282 g/mol. The molecule has 4 nitrogen and oxygen atoms in total. The molecule has 0 unspecified atom stereocenters. The molecule has 0 atom stereocenters. The van der Waals surface area contributed by atoms with E-state index in [9.17, 15) is 0 Å². The van der Waals surface area contributed by atoms with Gasteiger partial charge in [0.05, 0.1) is 6.54 Å². The predicted molar refractivity (Wildman–Crippen MR) is 75.3 cm³/mol. The lowest BCUT2D eigenvalue weighted by atomic mass is 10.3. The van der Waals surface area contributed by atoms with Crippen molar-refractivity contribution in [1.82, 2.24) is 15.0 Å². The Morgan fingerprint density at radius 1 is 1.33 bits per heavy atom.